The molecule has 0 unspecified atom stereocenters. The van der Waals surface area contributed by atoms with E-state index in [0.29, 0.717) is 30.3 Å². The standard InChI is InChI=1S/C25H29F3O/c1-3-5-19-12-13-20(25(28)24(19)27)11-8-17-6-9-18(10-7-17)22-15-14-21(29-4-2)16-23(22)26/h3,5,12-18H,4,6-11H2,1-2H3. The van der Waals surface area contributed by atoms with Crippen molar-refractivity contribution in [3.63, 3.8) is 0 Å². The highest BCUT2D eigenvalue weighted by Gasteiger charge is 2.25. The summed E-state index contributed by atoms with van der Waals surface area (Å²) in [6.45, 7) is 4.18. The predicted molar refractivity (Wildman–Crippen MR) is 112 cm³/mol. The summed E-state index contributed by atoms with van der Waals surface area (Å²) in [6, 6.07) is 8.48. The molecule has 0 aromatic heterocycles. The molecule has 0 saturated heterocycles. The lowest BCUT2D eigenvalue weighted by atomic mass is 9.76. The van der Waals surface area contributed by atoms with Crippen LogP contribution in [0.2, 0.25) is 0 Å². The first-order valence-electron chi connectivity index (χ1n) is 10.5. The van der Waals surface area contributed by atoms with E-state index < -0.39 is 11.6 Å². The summed E-state index contributed by atoms with van der Waals surface area (Å²) < 4.78 is 48.2. The Morgan fingerprint density at radius 3 is 2.41 bits per heavy atom. The summed E-state index contributed by atoms with van der Waals surface area (Å²) in [7, 11) is 0. The lowest BCUT2D eigenvalue weighted by Gasteiger charge is -2.29. The fourth-order valence-electron chi connectivity index (χ4n) is 4.32. The number of allylic oxidation sites excluding steroid dienone is 1. The second kappa shape index (κ2) is 10.00. The Morgan fingerprint density at radius 1 is 1.00 bits per heavy atom. The summed E-state index contributed by atoms with van der Waals surface area (Å²) in [5.41, 5.74) is 1.49. The van der Waals surface area contributed by atoms with Crippen LogP contribution < -0.4 is 4.74 Å². The Hall–Kier alpha value is -2.23. The van der Waals surface area contributed by atoms with Crippen molar-refractivity contribution in [2.45, 2.75) is 58.3 Å². The van der Waals surface area contributed by atoms with Gasteiger partial charge in [-0.1, -0.05) is 30.4 Å². The third-order valence-electron chi connectivity index (χ3n) is 5.93. The summed E-state index contributed by atoms with van der Waals surface area (Å²) in [5, 5.41) is 0. The van der Waals surface area contributed by atoms with Gasteiger partial charge >= 0.3 is 0 Å². The fourth-order valence-corrected chi connectivity index (χ4v) is 4.32. The molecule has 0 spiro atoms. The Kier molecular flexibility index (Phi) is 7.40. The van der Waals surface area contributed by atoms with E-state index in [1.807, 2.05) is 19.1 Å². The van der Waals surface area contributed by atoms with E-state index in [9.17, 15) is 13.2 Å². The second-order valence-electron chi connectivity index (χ2n) is 7.81. The van der Waals surface area contributed by atoms with Crippen LogP contribution in [0.3, 0.4) is 0 Å². The fraction of sp³-hybridized carbons (Fsp3) is 0.440. The van der Waals surface area contributed by atoms with Crippen LogP contribution >= 0.6 is 0 Å². The molecule has 1 aliphatic rings. The van der Waals surface area contributed by atoms with Gasteiger partial charge in [0.25, 0.3) is 0 Å². The van der Waals surface area contributed by atoms with E-state index in [1.54, 1.807) is 31.2 Å². The lowest BCUT2D eigenvalue weighted by Crippen LogP contribution is -2.15. The van der Waals surface area contributed by atoms with Crippen LogP contribution in [0.4, 0.5) is 13.2 Å². The first-order chi connectivity index (χ1) is 14.0. The third kappa shape index (κ3) is 5.23. The zero-order valence-corrected chi connectivity index (χ0v) is 17.2. The maximum Gasteiger partial charge on any atom is 0.166 e. The van der Waals surface area contributed by atoms with Crippen molar-refractivity contribution in [3.8, 4) is 5.75 Å². The molecule has 4 heteroatoms. The second-order valence-corrected chi connectivity index (χ2v) is 7.81. The first kappa shape index (κ1) is 21.5. The van der Waals surface area contributed by atoms with Crippen molar-refractivity contribution < 1.29 is 17.9 Å². The lowest BCUT2D eigenvalue weighted by molar-refractivity contribution is 0.304. The molecule has 1 saturated carbocycles. The first-order valence-corrected chi connectivity index (χ1v) is 10.5. The van der Waals surface area contributed by atoms with Crippen LogP contribution in [0.5, 0.6) is 5.75 Å². The Morgan fingerprint density at radius 2 is 1.76 bits per heavy atom. The number of hydrogen-bond acceptors (Lipinski definition) is 1. The molecule has 0 amide bonds. The van der Waals surface area contributed by atoms with Gasteiger partial charge in [0, 0.05) is 11.6 Å². The minimum absolute atomic E-state index is 0.196. The molecule has 0 heterocycles. The van der Waals surface area contributed by atoms with Crippen LogP contribution in [-0.2, 0) is 6.42 Å². The Bertz CT molecular complexity index is 851. The maximum absolute atomic E-state index is 14.4. The molecule has 0 radical (unpaired) electrons. The van der Waals surface area contributed by atoms with Gasteiger partial charge in [-0.05, 0) is 81.4 Å². The van der Waals surface area contributed by atoms with Crippen LogP contribution in [0.1, 0.15) is 68.6 Å². The molecule has 0 atom stereocenters. The van der Waals surface area contributed by atoms with Crippen molar-refractivity contribution in [1.29, 1.82) is 0 Å². The molecule has 0 bridgehead atoms. The van der Waals surface area contributed by atoms with Gasteiger partial charge in [0.05, 0.1) is 6.61 Å². The minimum atomic E-state index is -0.768. The number of halogens is 3. The van der Waals surface area contributed by atoms with Gasteiger partial charge in [0.2, 0.25) is 0 Å². The Balaban J connectivity index is 1.55. The van der Waals surface area contributed by atoms with Crippen molar-refractivity contribution in [2.24, 2.45) is 5.92 Å². The summed E-state index contributed by atoms with van der Waals surface area (Å²) in [5.74, 6) is -0.442. The van der Waals surface area contributed by atoms with E-state index >= 15 is 0 Å². The van der Waals surface area contributed by atoms with Crippen molar-refractivity contribution >= 4 is 6.08 Å². The number of aryl methyl sites for hydroxylation is 1. The van der Waals surface area contributed by atoms with Crippen LogP contribution in [-0.4, -0.2) is 6.61 Å². The van der Waals surface area contributed by atoms with Gasteiger partial charge < -0.3 is 4.74 Å². The van der Waals surface area contributed by atoms with Gasteiger partial charge in [0.15, 0.2) is 11.6 Å². The van der Waals surface area contributed by atoms with Gasteiger partial charge in [0.1, 0.15) is 11.6 Å². The smallest absolute Gasteiger partial charge is 0.166 e. The monoisotopic (exact) mass is 402 g/mol. The summed E-state index contributed by atoms with van der Waals surface area (Å²) in [6.07, 6.45) is 8.45. The molecule has 3 rings (SSSR count). The maximum atomic E-state index is 14.4. The van der Waals surface area contributed by atoms with Gasteiger partial charge in [-0.25, -0.2) is 13.2 Å². The number of hydrogen-bond donors (Lipinski definition) is 0. The zero-order valence-electron chi connectivity index (χ0n) is 17.2. The van der Waals surface area contributed by atoms with Crippen LogP contribution in [0.15, 0.2) is 36.4 Å². The zero-order chi connectivity index (χ0) is 20.8. The van der Waals surface area contributed by atoms with Gasteiger partial charge in [-0.3, -0.25) is 0 Å². The number of ether oxygens (including phenoxy) is 1. The third-order valence-corrected chi connectivity index (χ3v) is 5.93. The van der Waals surface area contributed by atoms with E-state index in [1.165, 1.54) is 6.07 Å². The highest BCUT2D eigenvalue weighted by Crippen LogP contribution is 2.39. The van der Waals surface area contributed by atoms with E-state index in [-0.39, 0.29) is 17.3 Å². The molecular formula is C25H29F3O. The average molecular weight is 403 g/mol. The average Bonchev–Trinajstić information content (AvgIpc) is 2.72. The summed E-state index contributed by atoms with van der Waals surface area (Å²) >= 11 is 0. The van der Waals surface area contributed by atoms with Gasteiger partial charge in [-0.15, -0.1) is 0 Å². The Labute approximate surface area is 171 Å². The van der Waals surface area contributed by atoms with Crippen molar-refractivity contribution in [3.05, 3.63) is 70.5 Å². The highest BCUT2D eigenvalue weighted by molar-refractivity contribution is 5.50. The van der Waals surface area contributed by atoms with E-state index in [4.69, 9.17) is 4.74 Å². The normalized spacial score (nSPS) is 19.6. The van der Waals surface area contributed by atoms with Gasteiger partial charge in [-0.2, -0.15) is 0 Å². The predicted octanol–water partition coefficient (Wildman–Crippen LogP) is 7.44. The molecule has 2 aromatic carbocycles. The molecule has 0 N–H and O–H groups in total. The SMILES string of the molecule is CC=Cc1ccc(CCC2CCC(c3ccc(OCC)cc3F)CC2)c(F)c1F. The molecular weight excluding hydrogens is 373 g/mol. The highest BCUT2D eigenvalue weighted by atomic mass is 19.2. The van der Waals surface area contributed by atoms with Crippen molar-refractivity contribution in [1.82, 2.24) is 0 Å². The van der Waals surface area contributed by atoms with E-state index in [0.717, 1.165) is 37.7 Å². The molecule has 1 fully saturated rings. The molecule has 29 heavy (non-hydrogen) atoms. The molecule has 0 aliphatic heterocycles. The minimum Gasteiger partial charge on any atom is -0.494 e. The van der Waals surface area contributed by atoms with Crippen LogP contribution in [0.25, 0.3) is 6.08 Å². The molecule has 156 valence electrons. The molecule has 2 aromatic rings. The molecule has 1 aliphatic carbocycles. The number of benzene rings is 2. The number of rotatable bonds is 7. The largest absolute Gasteiger partial charge is 0.494 e. The molecule has 1 nitrogen and oxygen atoms in total. The van der Waals surface area contributed by atoms with Crippen LogP contribution in [0, 0.1) is 23.4 Å². The van der Waals surface area contributed by atoms with Crippen molar-refractivity contribution in [2.75, 3.05) is 6.61 Å². The summed E-state index contributed by atoms with van der Waals surface area (Å²) in [4.78, 5) is 0. The van der Waals surface area contributed by atoms with E-state index in [2.05, 4.69) is 0 Å². The quantitative estimate of drug-likeness (QED) is 0.467. The topological polar surface area (TPSA) is 9.23 Å².